The zero-order chi connectivity index (χ0) is 12.4. The van der Waals surface area contributed by atoms with Gasteiger partial charge in [0.05, 0.1) is 12.2 Å². The van der Waals surface area contributed by atoms with E-state index in [4.69, 9.17) is 0 Å². The maximum absolute atomic E-state index is 3.58. The van der Waals surface area contributed by atoms with E-state index in [-0.39, 0.29) is 0 Å². The molecule has 2 aromatic rings. The summed E-state index contributed by atoms with van der Waals surface area (Å²) in [5, 5.41) is 5.52. The molecule has 0 unspecified atom stereocenters. The molecular formula is C12H10Br3NS. The van der Waals surface area contributed by atoms with Crippen LogP contribution < -0.4 is 5.32 Å². The van der Waals surface area contributed by atoms with E-state index in [0.717, 1.165) is 25.7 Å². The summed E-state index contributed by atoms with van der Waals surface area (Å²) >= 11 is 12.4. The van der Waals surface area contributed by atoms with Crippen LogP contribution in [0.1, 0.15) is 10.4 Å². The van der Waals surface area contributed by atoms with Gasteiger partial charge in [-0.05, 0) is 83.9 Å². The molecule has 2 rings (SSSR count). The maximum atomic E-state index is 3.58. The van der Waals surface area contributed by atoms with Gasteiger partial charge >= 0.3 is 0 Å². The molecule has 0 saturated heterocycles. The average molecular weight is 440 g/mol. The Hall–Kier alpha value is 0.160. The number of anilines is 1. The molecule has 1 aromatic carbocycles. The molecule has 1 nitrogen and oxygen atoms in total. The standard InChI is InChI=1S/C12H10Br3NS/c1-7-4-9(14)12(10(15)5-7)16-6-11-8(13)2-3-17-11/h2-5,16H,6H2,1H3. The molecule has 0 fully saturated rings. The van der Waals surface area contributed by atoms with E-state index in [1.807, 2.05) is 0 Å². The van der Waals surface area contributed by atoms with Gasteiger partial charge in [-0.1, -0.05) is 0 Å². The average Bonchev–Trinajstić information content (AvgIpc) is 2.62. The van der Waals surface area contributed by atoms with E-state index >= 15 is 0 Å². The Bertz CT molecular complexity index is 513. The Kier molecular flexibility index (Phi) is 4.69. The van der Waals surface area contributed by atoms with Crippen LogP contribution in [-0.2, 0) is 6.54 Å². The Labute approximate surface area is 130 Å². The second-order valence-corrected chi connectivity index (χ2v) is 7.21. The Morgan fingerprint density at radius 3 is 2.29 bits per heavy atom. The van der Waals surface area contributed by atoms with Crippen molar-refractivity contribution in [1.29, 1.82) is 0 Å². The SMILES string of the molecule is Cc1cc(Br)c(NCc2sccc2Br)c(Br)c1. The quantitative estimate of drug-likeness (QED) is 0.622. The molecule has 0 spiro atoms. The molecule has 5 heteroatoms. The minimum Gasteiger partial charge on any atom is -0.378 e. The number of rotatable bonds is 3. The van der Waals surface area contributed by atoms with Crippen molar-refractivity contribution in [2.45, 2.75) is 13.5 Å². The molecule has 17 heavy (non-hydrogen) atoms. The smallest absolute Gasteiger partial charge is 0.0632 e. The van der Waals surface area contributed by atoms with E-state index in [1.54, 1.807) is 11.3 Å². The maximum Gasteiger partial charge on any atom is 0.0632 e. The van der Waals surface area contributed by atoms with Crippen molar-refractivity contribution < 1.29 is 0 Å². The van der Waals surface area contributed by atoms with Gasteiger partial charge in [0.15, 0.2) is 0 Å². The van der Waals surface area contributed by atoms with Crippen LogP contribution in [0.4, 0.5) is 5.69 Å². The lowest BCUT2D eigenvalue weighted by Gasteiger charge is -2.11. The van der Waals surface area contributed by atoms with Crippen molar-refractivity contribution in [3.05, 3.63) is 47.4 Å². The highest BCUT2D eigenvalue weighted by atomic mass is 79.9. The van der Waals surface area contributed by atoms with Crippen LogP contribution >= 0.6 is 59.1 Å². The van der Waals surface area contributed by atoms with E-state index in [1.165, 1.54) is 10.4 Å². The molecule has 1 heterocycles. The Balaban J connectivity index is 2.17. The molecule has 0 radical (unpaired) electrons. The third-order valence-corrected chi connectivity index (χ3v) is 5.48. The van der Waals surface area contributed by atoms with E-state index < -0.39 is 0 Å². The molecule has 0 aliphatic rings. The highest BCUT2D eigenvalue weighted by Gasteiger charge is 2.07. The first-order valence-electron chi connectivity index (χ1n) is 4.99. The van der Waals surface area contributed by atoms with Gasteiger partial charge in [-0.2, -0.15) is 0 Å². The van der Waals surface area contributed by atoms with E-state index in [2.05, 4.69) is 83.6 Å². The lowest BCUT2D eigenvalue weighted by molar-refractivity contribution is 1.17. The molecule has 1 N–H and O–H groups in total. The predicted octanol–water partition coefficient (Wildman–Crippen LogP) is 5.96. The Morgan fingerprint density at radius 2 is 1.76 bits per heavy atom. The molecule has 0 aliphatic heterocycles. The third-order valence-electron chi connectivity index (χ3n) is 2.30. The summed E-state index contributed by atoms with van der Waals surface area (Å²) in [4.78, 5) is 1.30. The molecular weight excluding hydrogens is 430 g/mol. The summed E-state index contributed by atoms with van der Waals surface area (Å²) in [5.41, 5.74) is 2.32. The minimum absolute atomic E-state index is 0.818. The van der Waals surface area contributed by atoms with Gasteiger partial charge in [-0.15, -0.1) is 11.3 Å². The number of thiophene rings is 1. The summed E-state index contributed by atoms with van der Waals surface area (Å²) < 4.78 is 3.32. The summed E-state index contributed by atoms with van der Waals surface area (Å²) in [7, 11) is 0. The largest absolute Gasteiger partial charge is 0.378 e. The first-order chi connectivity index (χ1) is 8.08. The fourth-order valence-electron chi connectivity index (χ4n) is 1.49. The molecule has 0 saturated carbocycles. The van der Waals surface area contributed by atoms with Gasteiger partial charge in [0.1, 0.15) is 0 Å². The summed E-state index contributed by atoms with van der Waals surface area (Å²) in [6.45, 7) is 2.90. The number of halogens is 3. The molecule has 0 bridgehead atoms. The second-order valence-electron chi connectivity index (χ2n) is 3.65. The highest BCUT2D eigenvalue weighted by molar-refractivity contribution is 9.11. The number of hydrogen-bond donors (Lipinski definition) is 1. The van der Waals surface area contributed by atoms with Crippen LogP contribution in [0.3, 0.4) is 0 Å². The van der Waals surface area contributed by atoms with Crippen molar-refractivity contribution in [2.24, 2.45) is 0 Å². The molecule has 90 valence electrons. The summed E-state index contributed by atoms with van der Waals surface area (Å²) in [5.74, 6) is 0. The second kappa shape index (κ2) is 5.87. The zero-order valence-corrected chi connectivity index (χ0v) is 14.6. The normalized spacial score (nSPS) is 10.6. The van der Waals surface area contributed by atoms with Gasteiger partial charge < -0.3 is 5.32 Å². The van der Waals surface area contributed by atoms with Gasteiger partial charge in [-0.25, -0.2) is 0 Å². The van der Waals surface area contributed by atoms with Gasteiger partial charge in [0.25, 0.3) is 0 Å². The third kappa shape index (κ3) is 3.34. The lowest BCUT2D eigenvalue weighted by atomic mass is 10.2. The van der Waals surface area contributed by atoms with Gasteiger partial charge in [0, 0.05) is 18.3 Å². The van der Waals surface area contributed by atoms with E-state index in [9.17, 15) is 0 Å². The van der Waals surface area contributed by atoms with Crippen molar-refractivity contribution >= 4 is 64.8 Å². The van der Waals surface area contributed by atoms with Crippen LogP contribution in [0.15, 0.2) is 37.0 Å². The van der Waals surface area contributed by atoms with Crippen LogP contribution in [0.5, 0.6) is 0 Å². The van der Waals surface area contributed by atoms with Crippen molar-refractivity contribution in [2.75, 3.05) is 5.32 Å². The minimum atomic E-state index is 0.818. The molecule has 1 aromatic heterocycles. The monoisotopic (exact) mass is 437 g/mol. The van der Waals surface area contributed by atoms with Crippen LogP contribution in [0, 0.1) is 6.92 Å². The van der Waals surface area contributed by atoms with Crippen molar-refractivity contribution in [1.82, 2.24) is 0 Å². The zero-order valence-electron chi connectivity index (χ0n) is 9.06. The van der Waals surface area contributed by atoms with Gasteiger partial charge in [-0.3, -0.25) is 0 Å². The number of benzene rings is 1. The van der Waals surface area contributed by atoms with E-state index in [0.29, 0.717) is 0 Å². The number of nitrogens with one attached hydrogen (secondary N) is 1. The van der Waals surface area contributed by atoms with Crippen molar-refractivity contribution in [3.63, 3.8) is 0 Å². The topological polar surface area (TPSA) is 12.0 Å². The summed E-state index contributed by atoms with van der Waals surface area (Å²) in [6.07, 6.45) is 0. The first kappa shape index (κ1) is 13.6. The van der Waals surface area contributed by atoms with Crippen LogP contribution in [-0.4, -0.2) is 0 Å². The number of aryl methyl sites for hydroxylation is 1. The fourth-order valence-corrected chi connectivity index (χ4v) is 4.62. The number of hydrogen-bond acceptors (Lipinski definition) is 2. The van der Waals surface area contributed by atoms with Crippen LogP contribution in [0.2, 0.25) is 0 Å². The predicted molar refractivity (Wildman–Crippen MR) is 85.9 cm³/mol. The molecule has 0 aliphatic carbocycles. The fraction of sp³-hybridized carbons (Fsp3) is 0.167. The Morgan fingerprint density at radius 1 is 1.12 bits per heavy atom. The highest BCUT2D eigenvalue weighted by Crippen LogP contribution is 2.33. The van der Waals surface area contributed by atoms with Gasteiger partial charge in [0.2, 0.25) is 0 Å². The molecule has 0 atom stereocenters. The van der Waals surface area contributed by atoms with Crippen molar-refractivity contribution in [3.8, 4) is 0 Å². The first-order valence-corrected chi connectivity index (χ1v) is 8.25. The van der Waals surface area contributed by atoms with Crippen LogP contribution in [0.25, 0.3) is 0 Å². The lowest BCUT2D eigenvalue weighted by Crippen LogP contribution is -2.00. The summed E-state index contributed by atoms with van der Waals surface area (Å²) in [6, 6.07) is 6.29. The molecule has 0 amide bonds.